The first-order chi connectivity index (χ1) is 11.6. The number of aliphatic hydroxyl groups excluding tert-OH is 1. The zero-order chi connectivity index (χ0) is 17.4. The molecule has 0 fully saturated rings. The summed E-state index contributed by atoms with van der Waals surface area (Å²) in [7, 11) is 0. The van der Waals surface area contributed by atoms with Gasteiger partial charge in [-0.15, -0.1) is 6.58 Å². The van der Waals surface area contributed by atoms with Crippen LogP contribution in [0.2, 0.25) is 0 Å². The van der Waals surface area contributed by atoms with Crippen LogP contribution in [0.25, 0.3) is 0 Å². The highest BCUT2D eigenvalue weighted by Gasteiger charge is 2.28. The van der Waals surface area contributed by atoms with Crippen LogP contribution in [-0.2, 0) is 13.1 Å². The molecule has 0 heterocycles. The summed E-state index contributed by atoms with van der Waals surface area (Å²) in [6.07, 6.45) is 2.02. The molecule has 0 spiro atoms. The summed E-state index contributed by atoms with van der Waals surface area (Å²) in [6.45, 7) is 9.80. The molecule has 2 rings (SSSR count). The number of nitrogens with zero attached hydrogens (tertiary/aromatic N) is 1. The average Bonchev–Trinajstić information content (AvgIpc) is 2.56. The van der Waals surface area contributed by atoms with Crippen LogP contribution in [0.4, 0.5) is 0 Å². The lowest BCUT2D eigenvalue weighted by Gasteiger charge is -2.37. The Balaban J connectivity index is 2.26. The van der Waals surface area contributed by atoms with Crippen molar-refractivity contribution in [2.75, 3.05) is 0 Å². The van der Waals surface area contributed by atoms with Crippen molar-refractivity contribution >= 4 is 0 Å². The lowest BCUT2D eigenvalue weighted by atomic mass is 9.93. The van der Waals surface area contributed by atoms with Crippen molar-refractivity contribution in [3.8, 4) is 0 Å². The maximum absolute atomic E-state index is 10.7. The second kappa shape index (κ2) is 9.41. The average molecular weight is 323 g/mol. The van der Waals surface area contributed by atoms with E-state index in [9.17, 15) is 5.11 Å². The minimum Gasteiger partial charge on any atom is -0.391 e. The molecule has 2 aromatic rings. The van der Waals surface area contributed by atoms with Gasteiger partial charge in [-0.1, -0.05) is 80.6 Å². The van der Waals surface area contributed by atoms with Crippen molar-refractivity contribution < 1.29 is 5.11 Å². The van der Waals surface area contributed by atoms with Crippen LogP contribution in [0, 0.1) is 5.92 Å². The molecule has 2 heteroatoms. The molecule has 0 amide bonds. The van der Waals surface area contributed by atoms with Crippen LogP contribution < -0.4 is 0 Å². The van der Waals surface area contributed by atoms with Crippen molar-refractivity contribution in [2.45, 2.75) is 45.5 Å². The van der Waals surface area contributed by atoms with Crippen molar-refractivity contribution in [1.29, 1.82) is 0 Å². The van der Waals surface area contributed by atoms with E-state index in [1.165, 1.54) is 11.1 Å². The third-order valence-corrected chi connectivity index (χ3v) is 4.36. The van der Waals surface area contributed by atoms with E-state index in [1.54, 1.807) is 0 Å². The molecule has 1 N–H and O–H groups in total. The van der Waals surface area contributed by atoms with Gasteiger partial charge < -0.3 is 5.11 Å². The highest BCUT2D eigenvalue weighted by atomic mass is 16.3. The van der Waals surface area contributed by atoms with Gasteiger partial charge in [-0.2, -0.15) is 0 Å². The van der Waals surface area contributed by atoms with E-state index in [0.717, 1.165) is 13.1 Å². The summed E-state index contributed by atoms with van der Waals surface area (Å²) in [4.78, 5) is 2.39. The van der Waals surface area contributed by atoms with Crippen LogP contribution >= 0.6 is 0 Å². The van der Waals surface area contributed by atoms with E-state index in [-0.39, 0.29) is 6.04 Å². The molecule has 0 bridgehead atoms. The van der Waals surface area contributed by atoms with Gasteiger partial charge in [0.2, 0.25) is 0 Å². The van der Waals surface area contributed by atoms with Crippen LogP contribution in [-0.4, -0.2) is 22.2 Å². The third kappa shape index (κ3) is 5.33. The first-order valence-electron chi connectivity index (χ1n) is 8.72. The van der Waals surface area contributed by atoms with E-state index in [4.69, 9.17) is 0 Å². The molecule has 2 atom stereocenters. The zero-order valence-corrected chi connectivity index (χ0v) is 14.8. The fraction of sp³-hybridized carbons (Fsp3) is 0.364. The van der Waals surface area contributed by atoms with Crippen LogP contribution in [0.5, 0.6) is 0 Å². The van der Waals surface area contributed by atoms with Crippen molar-refractivity contribution in [1.82, 2.24) is 4.90 Å². The van der Waals surface area contributed by atoms with E-state index < -0.39 is 6.10 Å². The number of aliphatic hydroxyl groups is 1. The van der Waals surface area contributed by atoms with E-state index >= 15 is 0 Å². The summed E-state index contributed by atoms with van der Waals surface area (Å²) in [5, 5.41) is 10.7. The van der Waals surface area contributed by atoms with Crippen LogP contribution in [0.1, 0.15) is 31.4 Å². The minimum atomic E-state index is -0.407. The predicted molar refractivity (Wildman–Crippen MR) is 102 cm³/mol. The molecular formula is C22H29NO. The Labute approximate surface area is 146 Å². The van der Waals surface area contributed by atoms with Gasteiger partial charge >= 0.3 is 0 Å². The number of benzene rings is 2. The van der Waals surface area contributed by atoms with Gasteiger partial charge in [0.1, 0.15) is 0 Å². The van der Waals surface area contributed by atoms with Crippen molar-refractivity contribution in [2.24, 2.45) is 5.92 Å². The Morgan fingerprint density at radius 1 is 0.917 bits per heavy atom. The lowest BCUT2D eigenvalue weighted by molar-refractivity contribution is 0.0160. The summed E-state index contributed by atoms with van der Waals surface area (Å²) >= 11 is 0. The standard InChI is InChI=1S/C22H29NO/c1-4-11-21(24)22(18(2)3)23(16-19-12-7-5-8-13-19)17-20-14-9-6-10-15-20/h4-10,12-15,18,21-22,24H,1,11,16-17H2,2-3H3/t21-,22+/m1/s1. The maximum Gasteiger partial charge on any atom is 0.0732 e. The van der Waals surface area contributed by atoms with Gasteiger partial charge in [0.25, 0.3) is 0 Å². The van der Waals surface area contributed by atoms with E-state index in [1.807, 2.05) is 18.2 Å². The highest BCUT2D eigenvalue weighted by Crippen LogP contribution is 2.22. The summed E-state index contributed by atoms with van der Waals surface area (Å²) < 4.78 is 0. The summed E-state index contributed by atoms with van der Waals surface area (Å²) in [5.74, 6) is 0.354. The third-order valence-electron chi connectivity index (χ3n) is 4.36. The number of hydrogen-bond donors (Lipinski definition) is 1. The molecule has 2 aromatic carbocycles. The number of rotatable bonds is 9. The quantitative estimate of drug-likeness (QED) is 0.679. The zero-order valence-electron chi connectivity index (χ0n) is 14.8. The second-order valence-electron chi connectivity index (χ2n) is 6.70. The Kier molecular flexibility index (Phi) is 7.23. The first kappa shape index (κ1) is 18.4. The Bertz CT molecular complexity index is 552. The molecule has 2 nitrogen and oxygen atoms in total. The van der Waals surface area contributed by atoms with Crippen molar-refractivity contribution in [3.63, 3.8) is 0 Å². The van der Waals surface area contributed by atoms with Gasteiger partial charge in [0.05, 0.1) is 6.10 Å². The van der Waals surface area contributed by atoms with Crippen LogP contribution in [0.3, 0.4) is 0 Å². The Morgan fingerprint density at radius 3 is 1.75 bits per heavy atom. The molecule has 0 saturated carbocycles. The smallest absolute Gasteiger partial charge is 0.0732 e. The molecule has 24 heavy (non-hydrogen) atoms. The Morgan fingerprint density at radius 2 is 1.38 bits per heavy atom. The minimum absolute atomic E-state index is 0.0865. The van der Waals surface area contributed by atoms with Crippen molar-refractivity contribution in [3.05, 3.63) is 84.4 Å². The topological polar surface area (TPSA) is 23.5 Å². The number of hydrogen-bond acceptors (Lipinski definition) is 2. The maximum atomic E-state index is 10.7. The Hall–Kier alpha value is -1.90. The van der Waals surface area contributed by atoms with Gasteiger partial charge in [-0.3, -0.25) is 4.90 Å². The fourth-order valence-corrected chi connectivity index (χ4v) is 3.32. The monoisotopic (exact) mass is 323 g/mol. The molecule has 0 aliphatic rings. The normalized spacial score (nSPS) is 13.9. The molecule has 0 unspecified atom stereocenters. The largest absolute Gasteiger partial charge is 0.391 e. The molecule has 128 valence electrons. The molecule has 0 aliphatic carbocycles. The van der Waals surface area contributed by atoms with Gasteiger partial charge in [-0.25, -0.2) is 0 Å². The lowest BCUT2D eigenvalue weighted by Crippen LogP contribution is -2.46. The van der Waals surface area contributed by atoms with E-state index in [2.05, 4.69) is 73.9 Å². The van der Waals surface area contributed by atoms with E-state index in [0.29, 0.717) is 12.3 Å². The first-order valence-corrected chi connectivity index (χ1v) is 8.72. The molecular weight excluding hydrogens is 294 g/mol. The molecule has 0 saturated heterocycles. The molecule has 0 radical (unpaired) electrons. The predicted octanol–water partition coefficient (Wildman–Crippen LogP) is 4.65. The summed E-state index contributed by atoms with van der Waals surface area (Å²) in [5.41, 5.74) is 2.54. The second-order valence-corrected chi connectivity index (χ2v) is 6.70. The van der Waals surface area contributed by atoms with Crippen LogP contribution in [0.15, 0.2) is 73.3 Å². The van der Waals surface area contributed by atoms with Gasteiger partial charge in [0.15, 0.2) is 0 Å². The van der Waals surface area contributed by atoms with Gasteiger partial charge in [0, 0.05) is 19.1 Å². The van der Waals surface area contributed by atoms with Gasteiger partial charge in [-0.05, 0) is 23.5 Å². The molecule has 0 aromatic heterocycles. The fourth-order valence-electron chi connectivity index (χ4n) is 3.32. The summed E-state index contributed by atoms with van der Waals surface area (Å²) in [6, 6.07) is 21.0. The molecule has 0 aliphatic heterocycles. The highest BCUT2D eigenvalue weighted by molar-refractivity contribution is 5.17. The SMILES string of the molecule is C=CC[C@@H](O)[C@H](C(C)C)N(Cc1ccccc1)Cc1ccccc1.